The van der Waals surface area contributed by atoms with Crippen molar-refractivity contribution >= 4 is 11.3 Å². The first-order valence-corrected chi connectivity index (χ1v) is 3.31. The van der Waals surface area contributed by atoms with Crippen molar-refractivity contribution in [1.29, 1.82) is 5.26 Å². The molecular formula is C8H8CuLi2NS. The Kier molecular flexibility index (Phi) is 87.8. The van der Waals surface area contributed by atoms with Crippen LogP contribution >= 0.6 is 11.3 Å². The molecule has 5 heteroatoms. The molecule has 1 nitrogen and oxygen atoms in total. The fourth-order valence-corrected chi connectivity index (χ4v) is 0.589. The molecule has 0 aliphatic rings. The minimum Gasteiger partial charge on any atom is -0.512 e. The van der Waals surface area contributed by atoms with E-state index in [0.29, 0.717) is 0 Å². The third kappa shape index (κ3) is 45.5. The van der Waals surface area contributed by atoms with E-state index in [1.807, 2.05) is 17.5 Å². The maximum atomic E-state index is 6.25. The summed E-state index contributed by atoms with van der Waals surface area (Å²) in [4.78, 5) is 0. The largest absolute Gasteiger partial charge is 1.00 e. The summed E-state index contributed by atoms with van der Waals surface area (Å²) in [7, 11) is 0. The summed E-state index contributed by atoms with van der Waals surface area (Å²) in [5.41, 5.74) is 0. The zero-order valence-corrected chi connectivity index (χ0v) is 9.64. The van der Waals surface area contributed by atoms with Crippen molar-refractivity contribution in [3.63, 3.8) is 0 Å². The van der Waals surface area contributed by atoms with Crippen LogP contribution in [0, 0.1) is 24.1 Å². The smallest absolute Gasteiger partial charge is 0.512 e. The molecule has 13 heavy (non-hydrogen) atoms. The molecule has 0 saturated heterocycles. The molecule has 0 spiro atoms. The molecule has 0 atom stereocenters. The van der Waals surface area contributed by atoms with E-state index in [0.717, 1.165) is 0 Å². The van der Waals surface area contributed by atoms with Gasteiger partial charge in [-0.25, -0.2) is 25.6 Å². The first-order valence-electron chi connectivity index (χ1n) is 2.44. The number of rotatable bonds is 0. The second-order valence-corrected chi connectivity index (χ2v) is 1.76. The van der Waals surface area contributed by atoms with Gasteiger partial charge in [-0.2, -0.15) is 11.4 Å². The first kappa shape index (κ1) is 29.2. The van der Waals surface area contributed by atoms with Gasteiger partial charge in [0.25, 0.3) is 0 Å². The molecule has 64 valence electrons. The van der Waals surface area contributed by atoms with Crippen LogP contribution in [-0.4, -0.2) is 0 Å². The van der Waals surface area contributed by atoms with Crippen LogP contribution in [0.3, 0.4) is 0 Å². The number of hydrogen-bond donors (Lipinski definition) is 0. The van der Waals surface area contributed by atoms with Gasteiger partial charge in [-0.3, -0.25) is 0 Å². The van der Waals surface area contributed by atoms with Crippen molar-refractivity contribution in [2.45, 2.75) is 0 Å². The Balaban J connectivity index is -0.0000000244. The van der Waals surface area contributed by atoms with Gasteiger partial charge < -0.3 is 23.2 Å². The molecule has 0 amide bonds. The van der Waals surface area contributed by atoms with E-state index in [4.69, 9.17) is 11.8 Å². The molecule has 0 saturated carbocycles. The molecule has 1 aromatic rings. The molecule has 0 radical (unpaired) electrons. The molecule has 1 rings (SSSR count). The summed E-state index contributed by atoms with van der Waals surface area (Å²) >= 11 is 1.59. The van der Waals surface area contributed by atoms with Gasteiger partial charge in [0.15, 0.2) is 0 Å². The summed E-state index contributed by atoms with van der Waals surface area (Å²) in [6, 6.07) is 3.86. The van der Waals surface area contributed by atoms with Crippen molar-refractivity contribution in [3.05, 3.63) is 49.0 Å². The standard InChI is InChI=1S/C4H3S.C3H5.CN.Cu.2Li/c1-2-4-5-3-1;1-3-2;1-2;;;/h1-3H;3H,1-2H2;;;;/q3*-1;3*+1. The van der Waals surface area contributed by atoms with Gasteiger partial charge in [0.1, 0.15) is 0 Å². The van der Waals surface area contributed by atoms with Crippen molar-refractivity contribution < 1.29 is 54.8 Å². The van der Waals surface area contributed by atoms with Gasteiger partial charge in [-0.05, 0) is 0 Å². The molecule has 0 fully saturated rings. The van der Waals surface area contributed by atoms with Gasteiger partial charge in [0.2, 0.25) is 0 Å². The van der Waals surface area contributed by atoms with E-state index in [9.17, 15) is 0 Å². The summed E-state index contributed by atoms with van der Waals surface area (Å²) < 4.78 is 0. The molecular weight excluding hydrogens is 220 g/mol. The maximum Gasteiger partial charge on any atom is 1.00 e. The third-order valence-corrected chi connectivity index (χ3v) is 0.944. The molecule has 0 aliphatic heterocycles. The number of thiophene rings is 1. The van der Waals surface area contributed by atoms with Crippen LogP contribution in [0.2, 0.25) is 0 Å². The molecule has 0 bridgehead atoms. The SMILES string of the molecule is C=C[CH2-].[C-]#N.[Cu+].[Li+].[Li+].[c-]1cccs1. The normalized spacial score (nSPS) is 4.15. The van der Waals surface area contributed by atoms with Gasteiger partial charge in [-0.1, -0.05) is 0 Å². The van der Waals surface area contributed by atoms with Gasteiger partial charge in [0.05, 0.1) is 0 Å². The van der Waals surface area contributed by atoms with E-state index in [1.165, 1.54) is 6.08 Å². The Bertz CT molecular complexity index is 137. The van der Waals surface area contributed by atoms with E-state index in [-0.39, 0.29) is 54.8 Å². The quantitative estimate of drug-likeness (QED) is 0.336. The van der Waals surface area contributed by atoms with Gasteiger partial charge in [-0.15, -0.1) is 5.38 Å². The Morgan fingerprint density at radius 2 is 1.85 bits per heavy atom. The predicted octanol–water partition coefficient (Wildman–Crippen LogP) is -3.34. The Hall–Kier alpha value is 0.514. The van der Waals surface area contributed by atoms with Crippen LogP contribution in [0.15, 0.2) is 30.2 Å². The molecule has 1 heterocycles. The minimum atomic E-state index is 0. The summed E-state index contributed by atoms with van der Waals surface area (Å²) in [5.74, 6) is 0. The van der Waals surface area contributed by atoms with Crippen LogP contribution in [0.1, 0.15) is 0 Å². The fourth-order valence-electron chi connectivity index (χ4n) is 0.196. The summed E-state index contributed by atoms with van der Waals surface area (Å²) in [6.45, 7) is 11.2. The van der Waals surface area contributed by atoms with Gasteiger partial charge in [0, 0.05) is 0 Å². The predicted molar refractivity (Wildman–Crippen MR) is 43.7 cm³/mol. The topological polar surface area (TPSA) is 23.8 Å². The van der Waals surface area contributed by atoms with E-state index >= 15 is 0 Å². The maximum absolute atomic E-state index is 6.25. The average molecular weight is 228 g/mol. The van der Waals surface area contributed by atoms with E-state index in [2.05, 4.69) is 18.9 Å². The van der Waals surface area contributed by atoms with Crippen molar-refractivity contribution in [2.75, 3.05) is 0 Å². The molecule has 1 aromatic heterocycles. The Labute approximate surface area is 119 Å². The first-order chi connectivity index (χ1) is 4.91. The van der Waals surface area contributed by atoms with Crippen molar-refractivity contribution in [2.24, 2.45) is 0 Å². The van der Waals surface area contributed by atoms with Crippen LogP contribution in [0.4, 0.5) is 0 Å². The van der Waals surface area contributed by atoms with Crippen molar-refractivity contribution in [3.8, 4) is 0 Å². The zero-order chi connectivity index (χ0) is 8.24. The molecule has 0 aromatic carbocycles. The molecule has 0 aliphatic carbocycles. The van der Waals surface area contributed by atoms with Crippen LogP contribution in [-0.2, 0) is 17.1 Å². The summed E-state index contributed by atoms with van der Waals surface area (Å²) in [5, 5.41) is 11.1. The van der Waals surface area contributed by atoms with E-state index < -0.39 is 0 Å². The third-order valence-electron chi connectivity index (χ3n) is 0.379. The zero-order valence-electron chi connectivity index (χ0n) is 7.88. The van der Waals surface area contributed by atoms with Crippen LogP contribution < -0.4 is 37.7 Å². The second kappa shape index (κ2) is 39.1. The monoisotopic (exact) mass is 227 g/mol. The second-order valence-electron chi connectivity index (χ2n) is 1.02. The number of hydrogen-bond acceptors (Lipinski definition) is 2. The Morgan fingerprint density at radius 1 is 1.46 bits per heavy atom. The van der Waals surface area contributed by atoms with Crippen molar-refractivity contribution in [1.82, 2.24) is 0 Å². The average Bonchev–Trinajstić information content (AvgIpc) is 2.48. The van der Waals surface area contributed by atoms with Crippen LogP contribution in [0.5, 0.6) is 0 Å². The number of allylic oxidation sites excluding steroid dienone is 1. The Morgan fingerprint density at radius 3 is 1.92 bits per heavy atom. The minimum absolute atomic E-state index is 0. The summed E-state index contributed by atoms with van der Waals surface area (Å²) in [6.07, 6.45) is 1.50. The van der Waals surface area contributed by atoms with Crippen LogP contribution in [0.25, 0.3) is 0 Å². The van der Waals surface area contributed by atoms with E-state index in [1.54, 1.807) is 11.3 Å². The molecule has 0 unspecified atom stereocenters. The van der Waals surface area contributed by atoms with Gasteiger partial charge >= 0.3 is 54.8 Å². The fraction of sp³-hybridized carbons (Fsp3) is 0. The number of nitrogens with zero attached hydrogens (tertiary/aromatic N) is 1. The molecule has 0 N–H and O–H groups in total.